The van der Waals surface area contributed by atoms with E-state index < -0.39 is 0 Å². The fourth-order valence-corrected chi connectivity index (χ4v) is 2.72. The van der Waals surface area contributed by atoms with Gasteiger partial charge < -0.3 is 5.73 Å². The molecule has 1 atom stereocenters. The van der Waals surface area contributed by atoms with Crippen molar-refractivity contribution in [1.82, 2.24) is 9.97 Å². The predicted octanol–water partition coefficient (Wildman–Crippen LogP) is 3.41. The fraction of sp³-hybridized carbons (Fsp3) is 0.167. The van der Waals surface area contributed by atoms with Crippen molar-refractivity contribution in [2.24, 2.45) is 5.73 Å². The second kappa shape index (κ2) is 5.62. The summed E-state index contributed by atoms with van der Waals surface area (Å²) in [5, 5.41) is 0.925. The van der Waals surface area contributed by atoms with E-state index in [1.54, 1.807) is 24.3 Å². The number of rotatable bonds is 3. The smallest absolute Gasteiger partial charge is 0.116 e. The number of hydrogen-bond acceptors (Lipinski definition) is 4. The second-order valence-corrected chi connectivity index (χ2v) is 5.54. The lowest BCUT2D eigenvalue weighted by molar-refractivity contribution is 0.815. The van der Waals surface area contributed by atoms with Gasteiger partial charge >= 0.3 is 0 Å². The highest BCUT2D eigenvalue weighted by atomic mass is 79.9. The minimum atomic E-state index is 0.0457. The van der Waals surface area contributed by atoms with E-state index in [0.717, 1.165) is 20.0 Å². The van der Waals surface area contributed by atoms with Crippen LogP contribution in [0.2, 0.25) is 0 Å². The molecule has 0 aliphatic rings. The first-order valence-corrected chi connectivity index (χ1v) is 6.76. The van der Waals surface area contributed by atoms with Crippen molar-refractivity contribution < 1.29 is 0 Å². The Labute approximate surface area is 113 Å². The molecular formula is C12H12BrN3S. The van der Waals surface area contributed by atoms with E-state index >= 15 is 0 Å². The molecule has 0 fully saturated rings. The van der Waals surface area contributed by atoms with Crippen LogP contribution in [-0.4, -0.2) is 9.97 Å². The van der Waals surface area contributed by atoms with Crippen molar-refractivity contribution in [3.8, 4) is 0 Å². The van der Waals surface area contributed by atoms with E-state index in [2.05, 4.69) is 32.0 Å². The van der Waals surface area contributed by atoms with Crippen LogP contribution in [0, 0.1) is 0 Å². The van der Waals surface area contributed by atoms with Crippen LogP contribution in [0.15, 0.2) is 51.2 Å². The number of hydrogen-bond donors (Lipinski definition) is 1. The largest absolute Gasteiger partial charge is 0.324 e. The van der Waals surface area contributed by atoms with Gasteiger partial charge in [0.1, 0.15) is 11.4 Å². The molecule has 1 heterocycles. The number of nitrogens with two attached hydrogens (primary N) is 1. The number of halogens is 1. The SMILES string of the molecule is C[C@@H](N)c1ccc(Sc2ccncn2)c(Br)c1. The lowest BCUT2D eigenvalue weighted by Crippen LogP contribution is -2.04. The van der Waals surface area contributed by atoms with Gasteiger partial charge in [-0.2, -0.15) is 0 Å². The van der Waals surface area contributed by atoms with Gasteiger partial charge in [-0.3, -0.25) is 0 Å². The van der Waals surface area contributed by atoms with Gasteiger partial charge in [-0.1, -0.05) is 17.8 Å². The maximum Gasteiger partial charge on any atom is 0.116 e. The Morgan fingerprint density at radius 3 is 2.76 bits per heavy atom. The highest BCUT2D eigenvalue weighted by Gasteiger charge is 2.06. The van der Waals surface area contributed by atoms with E-state index in [4.69, 9.17) is 5.73 Å². The van der Waals surface area contributed by atoms with Crippen molar-refractivity contribution in [2.75, 3.05) is 0 Å². The maximum atomic E-state index is 5.84. The Morgan fingerprint density at radius 2 is 2.18 bits per heavy atom. The first kappa shape index (κ1) is 12.5. The average molecular weight is 310 g/mol. The van der Waals surface area contributed by atoms with E-state index in [0.29, 0.717) is 0 Å². The highest BCUT2D eigenvalue weighted by molar-refractivity contribution is 9.10. The summed E-state index contributed by atoms with van der Waals surface area (Å²) in [6.45, 7) is 1.97. The Balaban J connectivity index is 2.23. The summed E-state index contributed by atoms with van der Waals surface area (Å²) in [7, 11) is 0. The third-order valence-electron chi connectivity index (χ3n) is 2.25. The monoisotopic (exact) mass is 309 g/mol. The van der Waals surface area contributed by atoms with Crippen LogP contribution in [0.3, 0.4) is 0 Å². The molecular weight excluding hydrogens is 298 g/mol. The van der Waals surface area contributed by atoms with Crippen LogP contribution >= 0.6 is 27.7 Å². The summed E-state index contributed by atoms with van der Waals surface area (Å²) in [6, 6.07) is 8.07. The lowest BCUT2D eigenvalue weighted by atomic mass is 10.1. The maximum absolute atomic E-state index is 5.84. The van der Waals surface area contributed by atoms with Gasteiger partial charge in [-0.15, -0.1) is 0 Å². The molecule has 88 valence electrons. The number of aromatic nitrogens is 2. The molecule has 0 saturated carbocycles. The Bertz CT molecular complexity index is 502. The molecule has 2 aromatic rings. The molecule has 2 rings (SSSR count). The normalized spacial score (nSPS) is 12.4. The van der Waals surface area contributed by atoms with Gasteiger partial charge in [0.25, 0.3) is 0 Å². The van der Waals surface area contributed by atoms with Crippen LogP contribution in [0.5, 0.6) is 0 Å². The van der Waals surface area contributed by atoms with Crippen LogP contribution < -0.4 is 5.73 Å². The van der Waals surface area contributed by atoms with Gasteiger partial charge in [0.2, 0.25) is 0 Å². The standard InChI is InChI=1S/C12H12BrN3S/c1-8(14)9-2-3-11(10(13)6-9)17-12-4-5-15-7-16-12/h2-8H,14H2,1H3/t8-/m1/s1. The first-order valence-electron chi connectivity index (χ1n) is 5.15. The lowest BCUT2D eigenvalue weighted by Gasteiger charge is -2.09. The van der Waals surface area contributed by atoms with Crippen molar-refractivity contribution in [3.05, 3.63) is 46.8 Å². The second-order valence-electron chi connectivity index (χ2n) is 3.63. The van der Waals surface area contributed by atoms with Crippen molar-refractivity contribution in [2.45, 2.75) is 22.9 Å². The molecule has 0 aliphatic carbocycles. The van der Waals surface area contributed by atoms with Gasteiger partial charge in [-0.05, 0) is 46.6 Å². The quantitative estimate of drug-likeness (QED) is 0.883. The minimum absolute atomic E-state index is 0.0457. The third kappa shape index (κ3) is 3.28. The fourth-order valence-electron chi connectivity index (χ4n) is 1.33. The molecule has 5 heteroatoms. The molecule has 0 amide bonds. The van der Waals surface area contributed by atoms with Crippen LogP contribution in [0.4, 0.5) is 0 Å². The summed E-state index contributed by atoms with van der Waals surface area (Å²) in [5.41, 5.74) is 6.95. The first-order chi connectivity index (χ1) is 8.16. The Hall–Kier alpha value is -0.910. The summed E-state index contributed by atoms with van der Waals surface area (Å²) in [6.07, 6.45) is 3.28. The van der Waals surface area contributed by atoms with Gasteiger partial charge in [0.05, 0.1) is 0 Å². The van der Waals surface area contributed by atoms with Crippen LogP contribution in [-0.2, 0) is 0 Å². The van der Waals surface area contributed by atoms with Gasteiger partial charge in [-0.25, -0.2) is 9.97 Å². The third-order valence-corrected chi connectivity index (χ3v) is 4.20. The molecule has 0 aliphatic heterocycles. The van der Waals surface area contributed by atoms with Crippen molar-refractivity contribution >= 4 is 27.7 Å². The Morgan fingerprint density at radius 1 is 1.35 bits per heavy atom. The molecule has 3 nitrogen and oxygen atoms in total. The zero-order valence-corrected chi connectivity index (χ0v) is 11.7. The molecule has 0 saturated heterocycles. The average Bonchev–Trinajstić information content (AvgIpc) is 2.33. The Kier molecular flexibility index (Phi) is 4.15. The number of nitrogens with zero attached hydrogens (tertiary/aromatic N) is 2. The molecule has 1 aromatic carbocycles. The topological polar surface area (TPSA) is 51.8 Å². The van der Waals surface area contributed by atoms with E-state index in [-0.39, 0.29) is 6.04 Å². The molecule has 0 radical (unpaired) electrons. The van der Waals surface area contributed by atoms with Gasteiger partial charge in [0.15, 0.2) is 0 Å². The molecule has 2 N–H and O–H groups in total. The molecule has 0 bridgehead atoms. The summed E-state index contributed by atoms with van der Waals surface area (Å²) in [5.74, 6) is 0. The van der Waals surface area contributed by atoms with Crippen molar-refractivity contribution in [1.29, 1.82) is 0 Å². The molecule has 17 heavy (non-hydrogen) atoms. The molecule has 0 spiro atoms. The predicted molar refractivity (Wildman–Crippen MR) is 72.9 cm³/mol. The summed E-state index contributed by atoms with van der Waals surface area (Å²) < 4.78 is 1.04. The van der Waals surface area contributed by atoms with E-state index in [1.165, 1.54) is 0 Å². The van der Waals surface area contributed by atoms with E-state index in [9.17, 15) is 0 Å². The minimum Gasteiger partial charge on any atom is -0.324 e. The zero-order valence-electron chi connectivity index (χ0n) is 9.30. The molecule has 0 unspecified atom stereocenters. The summed E-state index contributed by atoms with van der Waals surface area (Å²) >= 11 is 5.15. The highest BCUT2D eigenvalue weighted by Crippen LogP contribution is 2.33. The zero-order chi connectivity index (χ0) is 12.3. The summed E-state index contributed by atoms with van der Waals surface area (Å²) in [4.78, 5) is 9.19. The van der Waals surface area contributed by atoms with Crippen LogP contribution in [0.1, 0.15) is 18.5 Å². The number of benzene rings is 1. The van der Waals surface area contributed by atoms with Gasteiger partial charge in [0, 0.05) is 21.6 Å². The van der Waals surface area contributed by atoms with Crippen LogP contribution in [0.25, 0.3) is 0 Å². The van der Waals surface area contributed by atoms with Crippen molar-refractivity contribution in [3.63, 3.8) is 0 Å². The molecule has 1 aromatic heterocycles. The van der Waals surface area contributed by atoms with E-state index in [1.807, 2.05) is 25.1 Å².